The third-order valence-corrected chi connectivity index (χ3v) is 4.93. The topological polar surface area (TPSA) is 70.2 Å². The zero-order valence-corrected chi connectivity index (χ0v) is 15.1. The normalized spacial score (nSPS) is 10.2. The van der Waals surface area contributed by atoms with Crippen LogP contribution in [0.4, 0.5) is 10.5 Å². The van der Waals surface area contributed by atoms with Gasteiger partial charge >= 0.3 is 6.03 Å². The van der Waals surface area contributed by atoms with E-state index < -0.39 is 6.03 Å². The number of aryl methyl sites for hydroxylation is 1. The molecule has 0 saturated heterocycles. The zero-order chi connectivity index (χ0) is 16.7. The molecule has 1 aromatic carbocycles. The van der Waals surface area contributed by atoms with Gasteiger partial charge in [0.1, 0.15) is 0 Å². The van der Waals surface area contributed by atoms with E-state index in [4.69, 9.17) is 0 Å². The fourth-order valence-electron chi connectivity index (χ4n) is 1.91. The zero-order valence-electron chi connectivity index (χ0n) is 12.7. The van der Waals surface area contributed by atoms with Crippen LogP contribution in [0.1, 0.15) is 10.4 Å². The Bertz CT molecular complexity index is 674. The van der Waals surface area contributed by atoms with Gasteiger partial charge in [-0.3, -0.25) is 10.1 Å². The highest BCUT2D eigenvalue weighted by atomic mass is 79.9. The largest absolute Gasteiger partial charge is 0.376 e. The number of rotatable bonds is 6. The molecule has 0 spiro atoms. The van der Waals surface area contributed by atoms with E-state index in [-0.39, 0.29) is 12.5 Å². The molecular formula is C16H18BrN3O2S. The van der Waals surface area contributed by atoms with Crippen molar-refractivity contribution >= 4 is 44.9 Å². The lowest BCUT2D eigenvalue weighted by Crippen LogP contribution is -2.42. The van der Waals surface area contributed by atoms with Gasteiger partial charge in [-0.15, -0.1) is 11.3 Å². The Labute approximate surface area is 147 Å². The van der Waals surface area contributed by atoms with Gasteiger partial charge in [-0.25, -0.2) is 4.79 Å². The molecule has 7 heteroatoms. The molecule has 0 bridgehead atoms. The van der Waals surface area contributed by atoms with E-state index in [1.54, 1.807) is 11.3 Å². The lowest BCUT2D eigenvalue weighted by atomic mass is 10.2. The molecule has 0 aliphatic rings. The van der Waals surface area contributed by atoms with Crippen LogP contribution in [-0.4, -0.2) is 25.0 Å². The minimum atomic E-state index is -0.472. The molecule has 3 amide bonds. The van der Waals surface area contributed by atoms with E-state index in [2.05, 4.69) is 31.9 Å². The SMILES string of the molecule is Cc1cc(NCC(=O)NC(=O)NCCc2cccs2)ccc1Br. The molecule has 5 nitrogen and oxygen atoms in total. The number of nitrogens with one attached hydrogen (secondary N) is 3. The standard InChI is InChI=1S/C16H18BrN3O2S/c1-11-9-12(4-5-14(11)17)19-10-15(21)20-16(22)18-7-6-13-3-2-8-23-13/h2-5,8-9,19H,6-7,10H2,1H3,(H2,18,20,21,22). The summed E-state index contributed by atoms with van der Waals surface area (Å²) in [5, 5.41) is 9.95. The molecule has 122 valence electrons. The van der Waals surface area contributed by atoms with Crippen molar-refractivity contribution in [2.24, 2.45) is 0 Å². The van der Waals surface area contributed by atoms with Crippen molar-refractivity contribution in [3.63, 3.8) is 0 Å². The van der Waals surface area contributed by atoms with Gasteiger partial charge in [0.05, 0.1) is 6.54 Å². The number of anilines is 1. The molecule has 2 rings (SSSR count). The van der Waals surface area contributed by atoms with Crippen LogP contribution in [0, 0.1) is 6.92 Å². The second-order valence-corrected chi connectivity index (χ2v) is 6.84. The van der Waals surface area contributed by atoms with Gasteiger partial charge < -0.3 is 10.6 Å². The number of carbonyl (C=O) groups is 2. The molecule has 3 N–H and O–H groups in total. The Kier molecular flexibility index (Phi) is 6.61. The summed E-state index contributed by atoms with van der Waals surface area (Å²) in [7, 11) is 0. The number of benzene rings is 1. The van der Waals surface area contributed by atoms with Crippen molar-refractivity contribution in [3.8, 4) is 0 Å². The van der Waals surface area contributed by atoms with E-state index in [1.165, 1.54) is 4.88 Å². The molecule has 0 atom stereocenters. The smallest absolute Gasteiger partial charge is 0.321 e. The Hall–Kier alpha value is -1.86. The molecular weight excluding hydrogens is 378 g/mol. The summed E-state index contributed by atoms with van der Waals surface area (Å²) >= 11 is 5.07. The average Bonchev–Trinajstić information content (AvgIpc) is 3.02. The molecule has 1 heterocycles. The third kappa shape index (κ3) is 6.03. The van der Waals surface area contributed by atoms with Crippen molar-refractivity contribution in [2.45, 2.75) is 13.3 Å². The van der Waals surface area contributed by atoms with Gasteiger partial charge in [0.2, 0.25) is 5.91 Å². The number of thiophene rings is 1. The summed E-state index contributed by atoms with van der Waals surface area (Å²) in [4.78, 5) is 24.5. The van der Waals surface area contributed by atoms with Crippen LogP contribution in [0.3, 0.4) is 0 Å². The predicted molar refractivity (Wildman–Crippen MR) is 96.9 cm³/mol. The molecule has 0 aliphatic carbocycles. The molecule has 0 saturated carbocycles. The first-order chi connectivity index (χ1) is 11.0. The summed E-state index contributed by atoms with van der Waals surface area (Å²) in [6.45, 7) is 2.51. The second kappa shape index (κ2) is 8.69. The van der Waals surface area contributed by atoms with Gasteiger partial charge in [0, 0.05) is 21.6 Å². The summed E-state index contributed by atoms with van der Waals surface area (Å²) in [5.74, 6) is -0.376. The minimum Gasteiger partial charge on any atom is -0.376 e. The Morgan fingerprint density at radius 3 is 2.78 bits per heavy atom. The molecule has 0 fully saturated rings. The summed E-state index contributed by atoms with van der Waals surface area (Å²) in [6.07, 6.45) is 0.760. The maximum Gasteiger partial charge on any atom is 0.321 e. The Balaban J connectivity index is 1.67. The van der Waals surface area contributed by atoms with Gasteiger partial charge in [0.15, 0.2) is 0 Å². The minimum absolute atomic E-state index is 0.0411. The van der Waals surface area contributed by atoms with Crippen molar-refractivity contribution in [1.82, 2.24) is 10.6 Å². The van der Waals surface area contributed by atoms with Crippen LogP contribution >= 0.6 is 27.3 Å². The van der Waals surface area contributed by atoms with Gasteiger partial charge in [-0.05, 0) is 48.6 Å². The van der Waals surface area contributed by atoms with Crippen LogP contribution in [0.25, 0.3) is 0 Å². The van der Waals surface area contributed by atoms with Crippen molar-refractivity contribution in [1.29, 1.82) is 0 Å². The first-order valence-corrected chi connectivity index (χ1v) is 8.82. The van der Waals surface area contributed by atoms with Crippen molar-refractivity contribution < 1.29 is 9.59 Å². The predicted octanol–water partition coefficient (Wildman–Crippen LogP) is 3.30. The number of halogens is 1. The van der Waals surface area contributed by atoms with Gasteiger partial charge in [-0.1, -0.05) is 22.0 Å². The van der Waals surface area contributed by atoms with Gasteiger partial charge in [-0.2, -0.15) is 0 Å². The lowest BCUT2D eigenvalue weighted by Gasteiger charge is -2.09. The molecule has 0 radical (unpaired) electrons. The Morgan fingerprint density at radius 2 is 2.09 bits per heavy atom. The highest BCUT2D eigenvalue weighted by molar-refractivity contribution is 9.10. The number of imide groups is 1. The fraction of sp³-hybridized carbons (Fsp3) is 0.250. The van der Waals surface area contributed by atoms with Crippen LogP contribution in [0.2, 0.25) is 0 Å². The summed E-state index contributed by atoms with van der Waals surface area (Å²) in [6, 6.07) is 9.22. The van der Waals surface area contributed by atoms with E-state index in [0.717, 1.165) is 22.1 Å². The number of urea groups is 1. The number of carbonyl (C=O) groups excluding carboxylic acids is 2. The van der Waals surface area contributed by atoms with Crippen molar-refractivity contribution in [2.75, 3.05) is 18.4 Å². The van der Waals surface area contributed by atoms with Crippen LogP contribution in [0.15, 0.2) is 40.2 Å². The highest BCUT2D eigenvalue weighted by Crippen LogP contribution is 2.19. The monoisotopic (exact) mass is 395 g/mol. The van der Waals surface area contributed by atoms with Crippen LogP contribution in [-0.2, 0) is 11.2 Å². The van der Waals surface area contributed by atoms with Crippen LogP contribution < -0.4 is 16.0 Å². The maximum atomic E-state index is 11.7. The fourth-order valence-corrected chi connectivity index (χ4v) is 2.86. The first kappa shape index (κ1) is 17.5. The van der Waals surface area contributed by atoms with Crippen molar-refractivity contribution in [3.05, 3.63) is 50.6 Å². The number of amides is 3. The quantitative estimate of drug-likeness (QED) is 0.702. The van der Waals surface area contributed by atoms with Gasteiger partial charge in [0.25, 0.3) is 0 Å². The highest BCUT2D eigenvalue weighted by Gasteiger charge is 2.07. The first-order valence-electron chi connectivity index (χ1n) is 7.14. The summed E-state index contributed by atoms with van der Waals surface area (Å²) in [5.41, 5.74) is 1.90. The van der Waals surface area contributed by atoms with Crippen LogP contribution in [0.5, 0.6) is 0 Å². The third-order valence-electron chi connectivity index (χ3n) is 3.10. The van der Waals surface area contributed by atoms with E-state index in [1.807, 2.05) is 42.6 Å². The van der Waals surface area contributed by atoms with E-state index >= 15 is 0 Å². The molecule has 2 aromatic rings. The maximum absolute atomic E-state index is 11.7. The molecule has 1 aromatic heterocycles. The summed E-state index contributed by atoms with van der Waals surface area (Å²) < 4.78 is 1.01. The number of hydrogen-bond acceptors (Lipinski definition) is 4. The second-order valence-electron chi connectivity index (χ2n) is 4.95. The lowest BCUT2D eigenvalue weighted by molar-refractivity contribution is -0.118. The molecule has 0 unspecified atom stereocenters. The number of hydrogen-bond donors (Lipinski definition) is 3. The van der Waals surface area contributed by atoms with E-state index in [0.29, 0.717) is 6.54 Å². The molecule has 0 aliphatic heterocycles. The Morgan fingerprint density at radius 1 is 1.26 bits per heavy atom. The average molecular weight is 396 g/mol. The molecule has 23 heavy (non-hydrogen) atoms. The van der Waals surface area contributed by atoms with E-state index in [9.17, 15) is 9.59 Å².